The molecule has 0 aromatic carbocycles. The molecule has 1 N–H and O–H groups in total. The summed E-state index contributed by atoms with van der Waals surface area (Å²) >= 11 is 0. The molecule has 4 nitrogen and oxygen atoms in total. The van der Waals surface area contributed by atoms with Crippen molar-refractivity contribution in [3.63, 3.8) is 0 Å². The van der Waals surface area contributed by atoms with Crippen molar-refractivity contribution in [3.05, 3.63) is 0 Å². The molecule has 0 aromatic rings. The lowest BCUT2D eigenvalue weighted by Gasteiger charge is -2.32. The van der Waals surface area contributed by atoms with Crippen LogP contribution in [0, 0.1) is 5.92 Å². The third-order valence-corrected chi connectivity index (χ3v) is 3.61. The fraction of sp³-hybridized carbons (Fsp3) is 0.917. The molecule has 1 amide bonds. The fourth-order valence-corrected chi connectivity index (χ4v) is 2.67. The predicted molar refractivity (Wildman–Crippen MR) is 62.2 cm³/mol. The first-order chi connectivity index (χ1) is 7.83. The van der Waals surface area contributed by atoms with E-state index < -0.39 is 0 Å². The van der Waals surface area contributed by atoms with Crippen molar-refractivity contribution in [1.29, 1.82) is 0 Å². The number of likely N-dealkylation sites (N-methyl/N-ethyl adjacent to an activating group) is 1. The van der Waals surface area contributed by atoms with Crippen LogP contribution in [0.4, 0.5) is 0 Å². The van der Waals surface area contributed by atoms with Crippen LogP contribution in [-0.2, 0) is 9.53 Å². The van der Waals surface area contributed by atoms with Gasteiger partial charge in [0.25, 0.3) is 0 Å². The van der Waals surface area contributed by atoms with Crippen molar-refractivity contribution in [2.24, 2.45) is 5.92 Å². The molecule has 0 bridgehead atoms. The molecule has 2 saturated heterocycles. The number of nitrogens with zero attached hydrogens (tertiary/aromatic N) is 1. The normalized spacial score (nSPS) is 30.3. The molecule has 0 spiro atoms. The van der Waals surface area contributed by atoms with Crippen LogP contribution < -0.4 is 5.32 Å². The van der Waals surface area contributed by atoms with Gasteiger partial charge in [-0.2, -0.15) is 0 Å². The van der Waals surface area contributed by atoms with Crippen molar-refractivity contribution in [2.45, 2.75) is 32.2 Å². The molecule has 2 aliphatic heterocycles. The Morgan fingerprint density at radius 3 is 2.94 bits per heavy atom. The molecule has 2 unspecified atom stereocenters. The molecule has 2 atom stereocenters. The van der Waals surface area contributed by atoms with Crippen LogP contribution in [-0.4, -0.2) is 49.7 Å². The molecule has 2 aliphatic rings. The summed E-state index contributed by atoms with van der Waals surface area (Å²) in [5.74, 6) is 0.408. The Morgan fingerprint density at radius 2 is 2.38 bits per heavy atom. The molecule has 0 radical (unpaired) electrons. The maximum absolute atomic E-state index is 12.3. The van der Waals surface area contributed by atoms with E-state index in [1.807, 2.05) is 4.90 Å². The van der Waals surface area contributed by atoms with Gasteiger partial charge >= 0.3 is 0 Å². The monoisotopic (exact) mass is 226 g/mol. The summed E-state index contributed by atoms with van der Waals surface area (Å²) in [7, 11) is 0. The maximum Gasteiger partial charge on any atom is 0.228 e. The zero-order chi connectivity index (χ0) is 11.4. The molecule has 92 valence electrons. The summed E-state index contributed by atoms with van der Waals surface area (Å²) in [6.45, 7) is 6.32. The zero-order valence-corrected chi connectivity index (χ0v) is 10.1. The van der Waals surface area contributed by atoms with Gasteiger partial charge in [-0.05, 0) is 32.7 Å². The minimum atomic E-state index is 0.106. The molecule has 0 aromatic heterocycles. The average molecular weight is 226 g/mol. The first kappa shape index (κ1) is 11.9. The number of nitrogens with one attached hydrogen (secondary N) is 1. The lowest BCUT2D eigenvalue weighted by atomic mass is 9.99. The first-order valence-electron chi connectivity index (χ1n) is 6.42. The van der Waals surface area contributed by atoms with E-state index in [-0.39, 0.29) is 5.92 Å². The number of carbonyl (C=O) groups is 1. The fourth-order valence-electron chi connectivity index (χ4n) is 2.67. The quantitative estimate of drug-likeness (QED) is 0.767. The van der Waals surface area contributed by atoms with E-state index in [9.17, 15) is 4.79 Å². The van der Waals surface area contributed by atoms with Crippen molar-refractivity contribution >= 4 is 5.91 Å². The van der Waals surface area contributed by atoms with Gasteiger partial charge in [-0.1, -0.05) is 0 Å². The topological polar surface area (TPSA) is 41.6 Å². The number of rotatable bonds is 3. The van der Waals surface area contributed by atoms with Crippen LogP contribution in [0.15, 0.2) is 0 Å². The molecule has 2 heterocycles. The van der Waals surface area contributed by atoms with Gasteiger partial charge in [0.2, 0.25) is 5.91 Å². The largest absolute Gasteiger partial charge is 0.381 e. The van der Waals surface area contributed by atoms with Crippen LogP contribution in [0.2, 0.25) is 0 Å². The third kappa shape index (κ3) is 2.55. The van der Waals surface area contributed by atoms with Crippen LogP contribution >= 0.6 is 0 Å². The Hall–Kier alpha value is -0.610. The van der Waals surface area contributed by atoms with E-state index in [1.54, 1.807) is 0 Å². The Bertz CT molecular complexity index is 233. The van der Waals surface area contributed by atoms with Gasteiger partial charge in [0.1, 0.15) is 0 Å². The Labute approximate surface area is 97.3 Å². The Kier molecular flexibility index (Phi) is 4.18. The summed E-state index contributed by atoms with van der Waals surface area (Å²) in [4.78, 5) is 14.4. The van der Waals surface area contributed by atoms with E-state index in [0.29, 0.717) is 18.6 Å². The van der Waals surface area contributed by atoms with Crippen molar-refractivity contribution < 1.29 is 9.53 Å². The van der Waals surface area contributed by atoms with E-state index in [2.05, 4.69) is 12.2 Å². The third-order valence-electron chi connectivity index (χ3n) is 3.61. The second kappa shape index (κ2) is 5.64. The van der Waals surface area contributed by atoms with Gasteiger partial charge in [0.15, 0.2) is 0 Å². The minimum absolute atomic E-state index is 0.106. The van der Waals surface area contributed by atoms with Gasteiger partial charge in [-0.25, -0.2) is 0 Å². The molecule has 2 fully saturated rings. The number of hydrogen-bond acceptors (Lipinski definition) is 3. The van der Waals surface area contributed by atoms with Gasteiger partial charge in [0, 0.05) is 25.7 Å². The van der Waals surface area contributed by atoms with E-state index in [0.717, 1.165) is 45.5 Å². The van der Waals surface area contributed by atoms with Crippen LogP contribution in [0.3, 0.4) is 0 Å². The van der Waals surface area contributed by atoms with E-state index in [1.165, 1.54) is 0 Å². The SMILES string of the molecule is CCN(C(=O)C1CCCOC1)C1CCNC1. The summed E-state index contributed by atoms with van der Waals surface area (Å²) < 4.78 is 5.40. The predicted octanol–water partition coefficient (Wildman–Crippen LogP) is 0.623. The smallest absolute Gasteiger partial charge is 0.228 e. The standard InChI is InChI=1S/C12H22N2O2/c1-2-14(11-5-6-13-8-11)12(15)10-4-3-7-16-9-10/h10-11,13H,2-9H2,1H3. The van der Waals surface area contributed by atoms with Crippen molar-refractivity contribution in [2.75, 3.05) is 32.8 Å². The zero-order valence-electron chi connectivity index (χ0n) is 10.1. The molecule has 0 saturated carbocycles. The highest BCUT2D eigenvalue weighted by atomic mass is 16.5. The second-order valence-electron chi connectivity index (χ2n) is 4.68. The molecule has 4 heteroatoms. The number of hydrogen-bond donors (Lipinski definition) is 1. The van der Waals surface area contributed by atoms with Gasteiger partial charge in [-0.3, -0.25) is 4.79 Å². The Balaban J connectivity index is 1.93. The summed E-state index contributed by atoms with van der Waals surface area (Å²) in [5.41, 5.74) is 0. The molecular weight excluding hydrogens is 204 g/mol. The number of ether oxygens (including phenoxy) is 1. The van der Waals surface area contributed by atoms with Crippen molar-refractivity contribution in [1.82, 2.24) is 10.2 Å². The number of carbonyl (C=O) groups excluding carboxylic acids is 1. The molecule has 0 aliphatic carbocycles. The number of amides is 1. The van der Waals surface area contributed by atoms with Gasteiger partial charge in [-0.15, -0.1) is 0 Å². The highest BCUT2D eigenvalue weighted by Gasteiger charge is 2.31. The van der Waals surface area contributed by atoms with Crippen LogP contribution in [0.5, 0.6) is 0 Å². The van der Waals surface area contributed by atoms with Crippen LogP contribution in [0.25, 0.3) is 0 Å². The minimum Gasteiger partial charge on any atom is -0.381 e. The summed E-state index contributed by atoms with van der Waals surface area (Å²) in [6, 6.07) is 0.402. The first-order valence-corrected chi connectivity index (χ1v) is 6.42. The lowest BCUT2D eigenvalue weighted by Crippen LogP contribution is -2.46. The van der Waals surface area contributed by atoms with E-state index >= 15 is 0 Å². The summed E-state index contributed by atoms with van der Waals surface area (Å²) in [6.07, 6.45) is 3.11. The van der Waals surface area contributed by atoms with Crippen LogP contribution in [0.1, 0.15) is 26.2 Å². The lowest BCUT2D eigenvalue weighted by molar-refractivity contribution is -0.141. The summed E-state index contributed by atoms with van der Waals surface area (Å²) in [5, 5.41) is 3.32. The van der Waals surface area contributed by atoms with Gasteiger partial charge in [0.05, 0.1) is 12.5 Å². The second-order valence-corrected chi connectivity index (χ2v) is 4.68. The molecular formula is C12H22N2O2. The van der Waals surface area contributed by atoms with Crippen molar-refractivity contribution in [3.8, 4) is 0 Å². The molecule has 16 heavy (non-hydrogen) atoms. The maximum atomic E-state index is 12.3. The molecule has 2 rings (SSSR count). The Morgan fingerprint density at radius 1 is 1.50 bits per heavy atom. The van der Waals surface area contributed by atoms with Gasteiger partial charge < -0.3 is 15.0 Å². The average Bonchev–Trinajstić information content (AvgIpc) is 2.85. The van der Waals surface area contributed by atoms with E-state index in [4.69, 9.17) is 4.74 Å². The highest BCUT2D eigenvalue weighted by molar-refractivity contribution is 5.79. The highest BCUT2D eigenvalue weighted by Crippen LogP contribution is 2.19.